The number of piperidine rings is 1. The van der Waals surface area contributed by atoms with Crippen molar-refractivity contribution in [1.29, 1.82) is 0 Å². The van der Waals surface area contributed by atoms with Crippen molar-refractivity contribution in [2.45, 2.75) is 12.8 Å². The molecule has 0 spiro atoms. The van der Waals surface area contributed by atoms with E-state index in [-0.39, 0.29) is 18.9 Å². The van der Waals surface area contributed by atoms with Gasteiger partial charge >= 0.3 is 5.97 Å². The van der Waals surface area contributed by atoms with E-state index in [0.717, 1.165) is 0 Å². The molecule has 1 aliphatic rings. The number of hydrogen-bond donors (Lipinski definition) is 3. The number of ether oxygens (including phenoxy) is 1. The molecule has 0 saturated carbocycles. The average molecular weight is 244 g/mol. The smallest absolute Gasteiger partial charge is 0.325 e. The van der Waals surface area contributed by atoms with E-state index in [4.69, 9.17) is 0 Å². The Morgan fingerprint density at radius 3 is 2.82 bits per heavy atom. The number of aliphatic hydroxyl groups is 1. The van der Waals surface area contributed by atoms with Crippen LogP contribution in [0.4, 0.5) is 0 Å². The molecule has 0 aromatic carbocycles. The number of esters is 1. The van der Waals surface area contributed by atoms with E-state index < -0.39 is 23.9 Å². The molecule has 3 N–H and O–H groups in total. The zero-order valence-corrected chi connectivity index (χ0v) is 9.62. The zero-order valence-electron chi connectivity index (χ0n) is 9.62. The summed E-state index contributed by atoms with van der Waals surface area (Å²) in [6.45, 7) is -0.350. The van der Waals surface area contributed by atoms with Gasteiger partial charge in [-0.2, -0.15) is 0 Å². The number of amides is 2. The SMILES string of the molecule is COC(=O)CNC(=O)C1(CO)CCNC(=O)C1. The first-order valence-corrected chi connectivity index (χ1v) is 5.27. The van der Waals surface area contributed by atoms with Crippen molar-refractivity contribution in [3.63, 3.8) is 0 Å². The Labute approximate surface area is 98.5 Å². The number of carbonyl (C=O) groups is 3. The van der Waals surface area contributed by atoms with Crippen LogP contribution in [0.15, 0.2) is 0 Å². The van der Waals surface area contributed by atoms with Gasteiger partial charge in [-0.25, -0.2) is 0 Å². The van der Waals surface area contributed by atoms with Crippen molar-refractivity contribution in [2.75, 3.05) is 26.8 Å². The number of hydrogen-bond acceptors (Lipinski definition) is 5. The summed E-state index contributed by atoms with van der Waals surface area (Å²) >= 11 is 0. The van der Waals surface area contributed by atoms with Crippen LogP contribution >= 0.6 is 0 Å². The Morgan fingerprint density at radius 1 is 1.59 bits per heavy atom. The van der Waals surface area contributed by atoms with E-state index in [1.165, 1.54) is 7.11 Å². The van der Waals surface area contributed by atoms with Gasteiger partial charge < -0.3 is 20.5 Å². The minimum Gasteiger partial charge on any atom is -0.468 e. The standard InChI is InChI=1S/C10H16N2O5/c1-17-8(15)5-12-9(16)10(6-13)2-3-11-7(14)4-10/h13H,2-6H2,1H3,(H,11,14)(H,12,16). The predicted molar refractivity (Wildman–Crippen MR) is 56.8 cm³/mol. The second-order valence-electron chi connectivity index (χ2n) is 3.97. The molecule has 96 valence electrons. The molecule has 0 radical (unpaired) electrons. The Hall–Kier alpha value is -1.63. The normalized spacial score (nSPS) is 23.8. The van der Waals surface area contributed by atoms with Crippen molar-refractivity contribution < 1.29 is 24.2 Å². The van der Waals surface area contributed by atoms with Crippen LogP contribution < -0.4 is 10.6 Å². The van der Waals surface area contributed by atoms with Crippen LogP contribution in [0.1, 0.15) is 12.8 Å². The van der Waals surface area contributed by atoms with E-state index in [2.05, 4.69) is 15.4 Å². The lowest BCUT2D eigenvalue weighted by molar-refractivity contribution is -0.146. The molecule has 7 nitrogen and oxygen atoms in total. The third-order valence-corrected chi connectivity index (χ3v) is 2.83. The van der Waals surface area contributed by atoms with Crippen molar-refractivity contribution in [2.24, 2.45) is 5.41 Å². The number of rotatable bonds is 4. The van der Waals surface area contributed by atoms with Crippen LogP contribution in [0.25, 0.3) is 0 Å². The zero-order chi connectivity index (χ0) is 12.9. The molecule has 0 aliphatic carbocycles. The molecule has 0 aromatic rings. The summed E-state index contributed by atoms with van der Waals surface area (Å²) in [4.78, 5) is 34.0. The maximum Gasteiger partial charge on any atom is 0.325 e. The molecule has 1 aliphatic heterocycles. The van der Waals surface area contributed by atoms with Crippen molar-refractivity contribution in [1.82, 2.24) is 10.6 Å². The Balaban J connectivity index is 2.62. The Bertz CT molecular complexity index is 331. The third-order valence-electron chi connectivity index (χ3n) is 2.83. The van der Waals surface area contributed by atoms with Gasteiger partial charge in [0.1, 0.15) is 6.54 Å². The largest absolute Gasteiger partial charge is 0.468 e. The highest BCUT2D eigenvalue weighted by atomic mass is 16.5. The molecule has 0 bridgehead atoms. The van der Waals surface area contributed by atoms with Crippen molar-refractivity contribution in [3.05, 3.63) is 0 Å². The Morgan fingerprint density at radius 2 is 2.29 bits per heavy atom. The Kier molecular flexibility index (Phi) is 4.45. The summed E-state index contributed by atoms with van der Waals surface area (Å²) in [6, 6.07) is 0. The second kappa shape index (κ2) is 5.62. The van der Waals surface area contributed by atoms with Crippen molar-refractivity contribution >= 4 is 17.8 Å². The lowest BCUT2D eigenvalue weighted by atomic mass is 9.78. The van der Waals surface area contributed by atoms with Gasteiger partial charge in [-0.1, -0.05) is 0 Å². The van der Waals surface area contributed by atoms with Gasteiger partial charge in [0.05, 0.1) is 19.1 Å². The topological polar surface area (TPSA) is 105 Å². The number of methoxy groups -OCH3 is 1. The summed E-state index contributed by atoms with van der Waals surface area (Å²) in [5.74, 6) is -1.36. The van der Waals surface area contributed by atoms with Gasteiger partial charge in [-0.15, -0.1) is 0 Å². The molecule has 1 heterocycles. The van der Waals surface area contributed by atoms with Crippen LogP contribution in [-0.2, 0) is 19.1 Å². The summed E-state index contributed by atoms with van der Waals surface area (Å²) in [6.07, 6.45) is 0.277. The molecule has 7 heteroatoms. The number of nitrogens with one attached hydrogen (secondary N) is 2. The van der Waals surface area contributed by atoms with Gasteiger partial charge in [0.2, 0.25) is 11.8 Å². The molecule has 0 aromatic heterocycles. The van der Waals surface area contributed by atoms with Crippen LogP contribution in [0.5, 0.6) is 0 Å². The summed E-state index contributed by atoms with van der Waals surface area (Å²) < 4.78 is 4.38. The number of aliphatic hydroxyl groups excluding tert-OH is 1. The molecule has 1 unspecified atom stereocenters. The maximum atomic E-state index is 11.9. The van der Waals surface area contributed by atoms with Crippen molar-refractivity contribution in [3.8, 4) is 0 Å². The van der Waals surface area contributed by atoms with Gasteiger partial charge in [0, 0.05) is 13.0 Å². The lowest BCUT2D eigenvalue weighted by Crippen LogP contribution is -2.52. The maximum absolute atomic E-state index is 11.9. The summed E-state index contributed by atoms with van der Waals surface area (Å²) in [5.41, 5.74) is -1.13. The van der Waals surface area contributed by atoms with Crippen LogP contribution in [0.2, 0.25) is 0 Å². The fraction of sp³-hybridized carbons (Fsp3) is 0.700. The van der Waals surface area contributed by atoms with E-state index in [9.17, 15) is 19.5 Å². The molecular weight excluding hydrogens is 228 g/mol. The minimum absolute atomic E-state index is 0.0729. The van der Waals surface area contributed by atoms with Crippen LogP contribution in [0, 0.1) is 5.41 Å². The summed E-state index contributed by atoms with van der Waals surface area (Å²) in [7, 11) is 1.21. The average Bonchev–Trinajstić information content (AvgIpc) is 2.35. The van der Waals surface area contributed by atoms with Crippen LogP contribution in [-0.4, -0.2) is 49.7 Å². The van der Waals surface area contributed by atoms with Gasteiger partial charge in [0.15, 0.2) is 0 Å². The fourth-order valence-corrected chi connectivity index (χ4v) is 1.71. The van der Waals surface area contributed by atoms with E-state index in [1.54, 1.807) is 0 Å². The highest BCUT2D eigenvalue weighted by molar-refractivity contribution is 5.91. The lowest BCUT2D eigenvalue weighted by Gasteiger charge is -2.33. The monoisotopic (exact) mass is 244 g/mol. The van der Waals surface area contributed by atoms with Gasteiger partial charge in [-0.3, -0.25) is 14.4 Å². The molecule has 1 saturated heterocycles. The number of carbonyl (C=O) groups excluding carboxylic acids is 3. The highest BCUT2D eigenvalue weighted by Crippen LogP contribution is 2.28. The molecule has 2 amide bonds. The van der Waals surface area contributed by atoms with E-state index >= 15 is 0 Å². The van der Waals surface area contributed by atoms with Gasteiger partial charge in [0.25, 0.3) is 0 Å². The summed E-state index contributed by atoms with van der Waals surface area (Å²) in [5, 5.41) is 14.2. The molecule has 17 heavy (non-hydrogen) atoms. The molecular formula is C10H16N2O5. The highest BCUT2D eigenvalue weighted by Gasteiger charge is 2.42. The second-order valence-corrected chi connectivity index (χ2v) is 3.97. The molecule has 1 rings (SSSR count). The van der Waals surface area contributed by atoms with Gasteiger partial charge in [-0.05, 0) is 6.42 Å². The first-order valence-electron chi connectivity index (χ1n) is 5.27. The third kappa shape index (κ3) is 3.16. The van der Waals surface area contributed by atoms with E-state index in [0.29, 0.717) is 13.0 Å². The molecule has 1 atom stereocenters. The predicted octanol–water partition coefficient (Wildman–Crippen LogP) is -1.84. The first kappa shape index (κ1) is 13.4. The van der Waals surface area contributed by atoms with E-state index in [1.807, 2.05) is 0 Å². The minimum atomic E-state index is -1.13. The molecule has 1 fully saturated rings. The first-order chi connectivity index (χ1) is 8.04. The quantitative estimate of drug-likeness (QED) is 0.504. The fourth-order valence-electron chi connectivity index (χ4n) is 1.71. The van der Waals surface area contributed by atoms with Crippen LogP contribution in [0.3, 0.4) is 0 Å².